The Hall–Kier alpha value is -1.87. The molecule has 0 radical (unpaired) electrons. The molecule has 0 unspecified atom stereocenters. The highest BCUT2D eigenvalue weighted by Crippen LogP contribution is 2.27. The molecule has 2 aromatic rings. The number of anilines is 2. The number of hydrogen-bond acceptors (Lipinski definition) is 2. The molecular weight excluding hydrogens is 251 g/mol. The number of rotatable bonds is 5. The third-order valence-electron chi connectivity index (χ3n) is 3.27. The molecule has 0 bridgehead atoms. The second-order valence-electron chi connectivity index (χ2n) is 5.20. The number of halogens is 1. The summed E-state index contributed by atoms with van der Waals surface area (Å²) in [6, 6.07) is 15.3. The summed E-state index contributed by atoms with van der Waals surface area (Å²) < 4.78 is 13.0. The van der Waals surface area contributed by atoms with Crippen molar-refractivity contribution in [3.63, 3.8) is 0 Å². The zero-order chi connectivity index (χ0) is 14.5. The summed E-state index contributed by atoms with van der Waals surface area (Å²) in [5, 5.41) is 3.43. The van der Waals surface area contributed by atoms with Gasteiger partial charge in [-0.1, -0.05) is 32.0 Å². The molecular formula is C17H21FN2. The lowest BCUT2D eigenvalue weighted by Crippen LogP contribution is -2.23. The van der Waals surface area contributed by atoms with Crippen molar-refractivity contribution in [2.45, 2.75) is 26.4 Å². The monoisotopic (exact) mass is 272 g/mol. The number of nitrogens with one attached hydrogen (secondary N) is 1. The van der Waals surface area contributed by atoms with Gasteiger partial charge in [0.2, 0.25) is 0 Å². The SMILES string of the molecule is CC(C)NCc1ccccc1N(C)c1ccc(F)cc1. The Morgan fingerprint density at radius 1 is 1.05 bits per heavy atom. The minimum atomic E-state index is -0.211. The normalized spacial score (nSPS) is 10.8. The van der Waals surface area contributed by atoms with Gasteiger partial charge in [0.25, 0.3) is 0 Å². The van der Waals surface area contributed by atoms with Crippen LogP contribution < -0.4 is 10.2 Å². The van der Waals surface area contributed by atoms with E-state index in [9.17, 15) is 4.39 Å². The minimum absolute atomic E-state index is 0.211. The fourth-order valence-corrected chi connectivity index (χ4v) is 2.11. The molecule has 0 aliphatic rings. The molecule has 0 spiro atoms. The molecule has 1 N–H and O–H groups in total. The van der Waals surface area contributed by atoms with E-state index in [2.05, 4.69) is 36.2 Å². The molecule has 3 heteroatoms. The smallest absolute Gasteiger partial charge is 0.123 e. The van der Waals surface area contributed by atoms with Crippen molar-refractivity contribution in [1.82, 2.24) is 5.32 Å². The molecule has 0 saturated carbocycles. The zero-order valence-electron chi connectivity index (χ0n) is 12.2. The van der Waals surface area contributed by atoms with E-state index in [0.29, 0.717) is 6.04 Å². The average Bonchev–Trinajstić information content (AvgIpc) is 2.45. The van der Waals surface area contributed by atoms with Gasteiger partial charge in [-0.25, -0.2) is 4.39 Å². The van der Waals surface area contributed by atoms with Gasteiger partial charge in [-0.3, -0.25) is 0 Å². The summed E-state index contributed by atoms with van der Waals surface area (Å²) in [7, 11) is 2.00. The van der Waals surface area contributed by atoms with Gasteiger partial charge in [-0.2, -0.15) is 0 Å². The van der Waals surface area contributed by atoms with Crippen LogP contribution in [0.2, 0.25) is 0 Å². The van der Waals surface area contributed by atoms with Crippen LogP contribution in [0.15, 0.2) is 48.5 Å². The molecule has 106 valence electrons. The molecule has 0 aliphatic carbocycles. The predicted molar refractivity (Wildman–Crippen MR) is 82.9 cm³/mol. The molecule has 0 aromatic heterocycles. The Kier molecular flexibility index (Phi) is 4.74. The lowest BCUT2D eigenvalue weighted by atomic mass is 10.1. The van der Waals surface area contributed by atoms with Crippen LogP contribution in [0.3, 0.4) is 0 Å². The quantitative estimate of drug-likeness (QED) is 0.882. The summed E-state index contributed by atoms with van der Waals surface area (Å²) in [6.07, 6.45) is 0. The summed E-state index contributed by atoms with van der Waals surface area (Å²) >= 11 is 0. The van der Waals surface area contributed by atoms with Crippen LogP contribution in [0.1, 0.15) is 19.4 Å². The van der Waals surface area contributed by atoms with Crippen LogP contribution in [-0.2, 0) is 6.54 Å². The van der Waals surface area contributed by atoms with Gasteiger partial charge >= 0.3 is 0 Å². The summed E-state index contributed by atoms with van der Waals surface area (Å²) in [4.78, 5) is 2.08. The molecule has 2 rings (SSSR count). The van der Waals surface area contributed by atoms with Gasteiger partial charge in [0.1, 0.15) is 5.82 Å². The number of benzene rings is 2. The van der Waals surface area contributed by atoms with Crippen molar-refractivity contribution >= 4 is 11.4 Å². The van der Waals surface area contributed by atoms with E-state index in [4.69, 9.17) is 0 Å². The molecule has 0 fully saturated rings. The molecule has 0 atom stereocenters. The van der Waals surface area contributed by atoms with Gasteiger partial charge in [-0.05, 0) is 35.9 Å². The lowest BCUT2D eigenvalue weighted by molar-refractivity contribution is 0.589. The summed E-state index contributed by atoms with van der Waals surface area (Å²) in [5.41, 5.74) is 3.34. The molecule has 0 amide bonds. The lowest BCUT2D eigenvalue weighted by Gasteiger charge is -2.23. The van der Waals surface area contributed by atoms with Crippen molar-refractivity contribution in [2.75, 3.05) is 11.9 Å². The Morgan fingerprint density at radius 3 is 2.35 bits per heavy atom. The van der Waals surface area contributed by atoms with Crippen molar-refractivity contribution in [1.29, 1.82) is 0 Å². The first-order valence-electron chi connectivity index (χ1n) is 6.88. The van der Waals surface area contributed by atoms with Crippen molar-refractivity contribution < 1.29 is 4.39 Å². The van der Waals surface area contributed by atoms with Gasteiger partial charge in [0.05, 0.1) is 0 Å². The summed E-state index contributed by atoms with van der Waals surface area (Å²) in [5.74, 6) is -0.211. The molecule has 2 nitrogen and oxygen atoms in total. The highest BCUT2D eigenvalue weighted by atomic mass is 19.1. The van der Waals surface area contributed by atoms with E-state index in [1.807, 2.05) is 19.2 Å². The highest BCUT2D eigenvalue weighted by Gasteiger charge is 2.09. The van der Waals surface area contributed by atoms with Crippen LogP contribution in [-0.4, -0.2) is 13.1 Å². The predicted octanol–water partition coefficient (Wildman–Crippen LogP) is 4.09. The third kappa shape index (κ3) is 3.58. The van der Waals surface area contributed by atoms with E-state index < -0.39 is 0 Å². The molecule has 0 saturated heterocycles. The first kappa shape index (κ1) is 14.5. The Balaban J connectivity index is 2.24. The second-order valence-corrected chi connectivity index (χ2v) is 5.20. The fraction of sp³-hybridized carbons (Fsp3) is 0.294. The first-order chi connectivity index (χ1) is 9.58. The van der Waals surface area contributed by atoms with E-state index in [1.165, 1.54) is 17.7 Å². The zero-order valence-corrected chi connectivity index (χ0v) is 12.2. The van der Waals surface area contributed by atoms with Gasteiger partial charge in [-0.15, -0.1) is 0 Å². The Labute approximate surface area is 120 Å². The number of nitrogens with zero attached hydrogens (tertiary/aromatic N) is 1. The minimum Gasteiger partial charge on any atom is -0.344 e. The maximum absolute atomic E-state index is 13.0. The molecule has 0 heterocycles. The average molecular weight is 272 g/mol. The van der Waals surface area contributed by atoms with Crippen molar-refractivity contribution in [3.05, 3.63) is 59.9 Å². The summed E-state index contributed by atoms with van der Waals surface area (Å²) in [6.45, 7) is 5.08. The maximum atomic E-state index is 13.0. The van der Waals surface area contributed by atoms with Crippen LogP contribution in [0.5, 0.6) is 0 Å². The molecule has 2 aromatic carbocycles. The van der Waals surface area contributed by atoms with Crippen molar-refractivity contribution in [3.8, 4) is 0 Å². The van der Waals surface area contributed by atoms with E-state index in [1.54, 1.807) is 12.1 Å². The Morgan fingerprint density at radius 2 is 1.70 bits per heavy atom. The maximum Gasteiger partial charge on any atom is 0.123 e. The van der Waals surface area contributed by atoms with Gasteiger partial charge < -0.3 is 10.2 Å². The largest absolute Gasteiger partial charge is 0.344 e. The van der Waals surface area contributed by atoms with Gasteiger partial charge in [0, 0.05) is 31.0 Å². The highest BCUT2D eigenvalue weighted by molar-refractivity contribution is 5.65. The van der Waals surface area contributed by atoms with Crippen molar-refractivity contribution in [2.24, 2.45) is 0 Å². The van der Waals surface area contributed by atoms with Crippen LogP contribution in [0.4, 0.5) is 15.8 Å². The Bertz CT molecular complexity index is 549. The number of para-hydroxylation sites is 1. The topological polar surface area (TPSA) is 15.3 Å². The second kappa shape index (κ2) is 6.53. The van der Waals surface area contributed by atoms with E-state index >= 15 is 0 Å². The van der Waals surface area contributed by atoms with E-state index in [-0.39, 0.29) is 5.82 Å². The van der Waals surface area contributed by atoms with Gasteiger partial charge in [0.15, 0.2) is 0 Å². The van der Waals surface area contributed by atoms with Crippen LogP contribution >= 0.6 is 0 Å². The standard InChI is InChI=1S/C17H21FN2/c1-13(2)19-12-14-6-4-5-7-17(14)20(3)16-10-8-15(18)9-11-16/h4-11,13,19H,12H2,1-3H3. The fourth-order valence-electron chi connectivity index (χ4n) is 2.11. The molecule has 0 aliphatic heterocycles. The van der Waals surface area contributed by atoms with E-state index in [0.717, 1.165) is 17.9 Å². The van der Waals surface area contributed by atoms with Crippen LogP contribution in [0, 0.1) is 5.82 Å². The molecule has 20 heavy (non-hydrogen) atoms. The number of hydrogen-bond donors (Lipinski definition) is 1. The third-order valence-corrected chi connectivity index (χ3v) is 3.27. The van der Waals surface area contributed by atoms with Crippen LogP contribution in [0.25, 0.3) is 0 Å². The first-order valence-corrected chi connectivity index (χ1v) is 6.88.